The van der Waals surface area contributed by atoms with Crippen LogP contribution in [0.2, 0.25) is 0 Å². The van der Waals surface area contributed by atoms with E-state index in [0.717, 1.165) is 0 Å². The van der Waals surface area contributed by atoms with Crippen LogP contribution in [-0.4, -0.2) is 37.0 Å². The van der Waals surface area contributed by atoms with Gasteiger partial charge in [-0.2, -0.15) is 0 Å². The van der Waals surface area contributed by atoms with E-state index in [1.165, 1.54) is 37.4 Å². The molecule has 0 saturated carbocycles. The van der Waals surface area contributed by atoms with Gasteiger partial charge in [-0.25, -0.2) is 4.39 Å². The van der Waals surface area contributed by atoms with Crippen molar-refractivity contribution in [2.24, 2.45) is 5.73 Å². The number of nitrogens with zero attached hydrogens (tertiary/aromatic N) is 1. The fourth-order valence-corrected chi connectivity index (χ4v) is 4.08. The quantitative estimate of drug-likeness (QED) is 0.472. The molecular weight excluding hydrogens is 478 g/mol. The van der Waals surface area contributed by atoms with E-state index in [-0.39, 0.29) is 30.1 Å². The maximum atomic E-state index is 14.6. The number of carbonyl (C=O) groups is 1. The summed E-state index contributed by atoms with van der Waals surface area (Å²) in [4.78, 5) is 12.7. The van der Waals surface area contributed by atoms with Crippen molar-refractivity contribution in [3.05, 3.63) is 60.0 Å². The Bertz CT molecular complexity index is 1200. The SMILES string of the molecule is COc1ccc(-c2c(-c3cccc(OC(F)(F)F)c3)cc3n2[C@@H](CCN)CNC3=O)cc1F.Cl. The van der Waals surface area contributed by atoms with Gasteiger partial charge in [0.15, 0.2) is 11.6 Å². The molecule has 0 aliphatic carbocycles. The van der Waals surface area contributed by atoms with E-state index in [0.29, 0.717) is 47.6 Å². The molecule has 0 spiro atoms. The van der Waals surface area contributed by atoms with Gasteiger partial charge in [-0.15, -0.1) is 25.6 Å². The highest BCUT2D eigenvalue weighted by molar-refractivity contribution is 5.98. The van der Waals surface area contributed by atoms with Gasteiger partial charge in [0.1, 0.15) is 11.4 Å². The van der Waals surface area contributed by atoms with E-state index < -0.39 is 17.9 Å². The molecule has 0 saturated heterocycles. The first-order valence-corrected chi connectivity index (χ1v) is 10.2. The summed E-state index contributed by atoms with van der Waals surface area (Å²) < 4.78 is 63.7. The van der Waals surface area contributed by atoms with Gasteiger partial charge in [-0.1, -0.05) is 12.1 Å². The van der Waals surface area contributed by atoms with Crippen molar-refractivity contribution < 1.29 is 31.8 Å². The minimum atomic E-state index is -4.85. The number of carbonyl (C=O) groups excluding carboxylic acids is 1. The highest BCUT2D eigenvalue weighted by Crippen LogP contribution is 2.41. The Balaban J connectivity index is 0.00000324. The van der Waals surface area contributed by atoms with Gasteiger partial charge < -0.3 is 25.1 Å². The Labute approximate surface area is 199 Å². The van der Waals surface area contributed by atoms with Gasteiger partial charge in [0.25, 0.3) is 5.91 Å². The Kier molecular flexibility index (Phi) is 7.42. The lowest BCUT2D eigenvalue weighted by Crippen LogP contribution is -2.39. The number of aromatic nitrogens is 1. The number of methoxy groups -OCH3 is 1. The van der Waals surface area contributed by atoms with Crippen LogP contribution in [0.5, 0.6) is 11.5 Å². The van der Waals surface area contributed by atoms with Gasteiger partial charge in [-0.05, 0) is 54.9 Å². The number of hydrogen-bond acceptors (Lipinski definition) is 4. The van der Waals surface area contributed by atoms with Crippen molar-refractivity contribution in [2.45, 2.75) is 18.8 Å². The molecule has 0 bridgehead atoms. The molecule has 0 fully saturated rings. The number of nitrogens with one attached hydrogen (secondary N) is 1. The van der Waals surface area contributed by atoms with Crippen LogP contribution in [0, 0.1) is 5.82 Å². The molecule has 34 heavy (non-hydrogen) atoms. The summed E-state index contributed by atoms with van der Waals surface area (Å²) in [6, 6.07) is 11.2. The number of benzene rings is 2. The maximum absolute atomic E-state index is 14.6. The first-order valence-electron chi connectivity index (χ1n) is 10.2. The molecule has 1 aliphatic rings. The molecule has 182 valence electrons. The van der Waals surface area contributed by atoms with Crippen molar-refractivity contribution >= 4 is 18.3 Å². The van der Waals surface area contributed by atoms with E-state index in [4.69, 9.17) is 10.5 Å². The second kappa shape index (κ2) is 9.94. The molecule has 2 heterocycles. The number of halogens is 5. The highest BCUT2D eigenvalue weighted by Gasteiger charge is 2.33. The van der Waals surface area contributed by atoms with Crippen molar-refractivity contribution in [3.8, 4) is 33.9 Å². The second-order valence-corrected chi connectivity index (χ2v) is 7.53. The monoisotopic (exact) mass is 499 g/mol. The number of amides is 1. The number of fused-ring (bicyclic) bond motifs is 1. The first kappa shape index (κ1) is 25.4. The van der Waals surface area contributed by atoms with Crippen molar-refractivity contribution in [1.29, 1.82) is 0 Å². The summed E-state index contributed by atoms with van der Waals surface area (Å²) in [6.45, 7) is 0.666. The number of rotatable bonds is 6. The highest BCUT2D eigenvalue weighted by atomic mass is 35.5. The Hall–Kier alpha value is -3.24. The summed E-state index contributed by atoms with van der Waals surface area (Å²) in [5, 5.41) is 2.81. The van der Waals surface area contributed by atoms with E-state index in [1.54, 1.807) is 22.8 Å². The van der Waals surface area contributed by atoms with Crippen LogP contribution >= 0.6 is 12.4 Å². The molecule has 6 nitrogen and oxygen atoms in total. The minimum Gasteiger partial charge on any atom is -0.494 e. The third-order valence-electron chi connectivity index (χ3n) is 5.44. The molecule has 4 rings (SSSR count). The van der Waals surface area contributed by atoms with Crippen LogP contribution < -0.4 is 20.5 Å². The van der Waals surface area contributed by atoms with Crippen LogP contribution in [0.15, 0.2) is 48.5 Å². The van der Waals surface area contributed by atoms with Crippen LogP contribution in [0.3, 0.4) is 0 Å². The van der Waals surface area contributed by atoms with E-state index in [2.05, 4.69) is 10.1 Å². The number of hydrogen-bond donors (Lipinski definition) is 2. The average molecular weight is 500 g/mol. The molecule has 1 amide bonds. The molecule has 0 radical (unpaired) electrons. The lowest BCUT2D eigenvalue weighted by atomic mass is 10.00. The maximum Gasteiger partial charge on any atom is 0.573 e. The van der Waals surface area contributed by atoms with Crippen molar-refractivity contribution in [3.63, 3.8) is 0 Å². The van der Waals surface area contributed by atoms with Gasteiger partial charge in [0.2, 0.25) is 0 Å². The summed E-state index contributed by atoms with van der Waals surface area (Å²) >= 11 is 0. The van der Waals surface area contributed by atoms with Crippen molar-refractivity contribution in [1.82, 2.24) is 9.88 Å². The molecule has 1 aromatic heterocycles. The minimum absolute atomic E-state index is 0. The molecule has 11 heteroatoms. The summed E-state index contributed by atoms with van der Waals surface area (Å²) in [7, 11) is 1.34. The number of nitrogens with two attached hydrogens (primary N) is 1. The van der Waals surface area contributed by atoms with Crippen LogP contribution in [0.4, 0.5) is 17.6 Å². The molecule has 0 unspecified atom stereocenters. The Morgan fingerprint density at radius 2 is 1.91 bits per heavy atom. The lowest BCUT2D eigenvalue weighted by molar-refractivity contribution is -0.274. The van der Waals surface area contributed by atoms with Crippen LogP contribution in [-0.2, 0) is 0 Å². The predicted molar refractivity (Wildman–Crippen MR) is 121 cm³/mol. The van der Waals surface area contributed by atoms with E-state index in [1.807, 2.05) is 0 Å². The van der Waals surface area contributed by atoms with E-state index in [9.17, 15) is 22.4 Å². The van der Waals surface area contributed by atoms with E-state index >= 15 is 0 Å². The summed E-state index contributed by atoms with van der Waals surface area (Å²) in [6.07, 6.45) is -4.32. The number of alkyl halides is 3. The predicted octanol–water partition coefficient (Wildman–Crippen LogP) is 4.92. The van der Waals surface area contributed by atoms with Crippen molar-refractivity contribution in [2.75, 3.05) is 20.2 Å². The molecule has 2 aromatic carbocycles. The fraction of sp³-hybridized carbons (Fsp3) is 0.261. The molecule has 3 N–H and O–H groups in total. The third kappa shape index (κ3) is 4.97. The largest absolute Gasteiger partial charge is 0.573 e. The van der Waals surface area contributed by atoms with Gasteiger partial charge in [0, 0.05) is 17.7 Å². The topological polar surface area (TPSA) is 78.5 Å². The zero-order valence-corrected chi connectivity index (χ0v) is 18.8. The Morgan fingerprint density at radius 1 is 1.15 bits per heavy atom. The molecule has 1 atom stereocenters. The molecule has 3 aromatic rings. The summed E-state index contributed by atoms with van der Waals surface area (Å²) in [5.41, 5.74) is 7.85. The Morgan fingerprint density at radius 3 is 2.56 bits per heavy atom. The number of ether oxygens (including phenoxy) is 2. The third-order valence-corrected chi connectivity index (χ3v) is 5.44. The average Bonchev–Trinajstić information content (AvgIpc) is 3.16. The smallest absolute Gasteiger partial charge is 0.494 e. The molecular formula is C23H22ClF4N3O3. The molecule has 1 aliphatic heterocycles. The normalized spacial score (nSPS) is 15.2. The van der Waals surface area contributed by atoms with Gasteiger partial charge in [0.05, 0.1) is 18.8 Å². The van der Waals surface area contributed by atoms with Gasteiger partial charge in [-0.3, -0.25) is 4.79 Å². The fourth-order valence-electron chi connectivity index (χ4n) is 4.08. The second-order valence-electron chi connectivity index (χ2n) is 7.53. The van der Waals surface area contributed by atoms with Crippen LogP contribution in [0.1, 0.15) is 23.0 Å². The lowest BCUT2D eigenvalue weighted by Gasteiger charge is -2.28. The first-order chi connectivity index (χ1) is 15.7. The standard InChI is InChI=1S/C23H21F4N3O3.ClH/c1-32-20-6-5-14(10-18(20)24)21-17(13-3-2-4-16(9-13)33-23(25,26)27)11-19-22(31)29-12-15(7-8-28)30(19)21;/h2-6,9-11,15H,7-8,12,28H2,1H3,(H,29,31);1H/t15-;/m0./s1. The zero-order chi connectivity index (χ0) is 23.8. The van der Waals surface area contributed by atoms with Gasteiger partial charge >= 0.3 is 6.36 Å². The van der Waals surface area contributed by atoms with Crippen LogP contribution in [0.25, 0.3) is 22.4 Å². The zero-order valence-electron chi connectivity index (χ0n) is 18.0. The summed E-state index contributed by atoms with van der Waals surface area (Å²) in [5.74, 6) is -1.31.